The molecule has 4 aromatic heterocycles. The van der Waals surface area contributed by atoms with Crippen molar-refractivity contribution < 1.29 is 22.4 Å². The summed E-state index contributed by atoms with van der Waals surface area (Å²) in [5.74, 6) is -0.483. The molecule has 1 N–H and O–H groups in total. The Morgan fingerprint density at radius 1 is 1.23 bits per heavy atom. The van der Waals surface area contributed by atoms with Gasteiger partial charge in [-0.1, -0.05) is 0 Å². The standard InChI is InChI=1S/C19H17F3N6O2/c1-4-27-11(3)17(10(2)25-27)24-18(29)13-9-16-23-12(14-6-5-7-30-14)8-15(19(20,21)22)28(16)26-13/h5-9H,4H2,1-3H3,(H,24,29). The van der Waals surface area contributed by atoms with Gasteiger partial charge in [-0.05, 0) is 39.0 Å². The van der Waals surface area contributed by atoms with E-state index in [-0.39, 0.29) is 22.8 Å². The number of aromatic nitrogens is 5. The lowest BCUT2D eigenvalue weighted by Gasteiger charge is -2.09. The monoisotopic (exact) mass is 418 g/mol. The smallest absolute Gasteiger partial charge is 0.433 e. The molecule has 0 unspecified atom stereocenters. The fourth-order valence-corrected chi connectivity index (χ4v) is 3.20. The molecule has 4 aromatic rings. The summed E-state index contributed by atoms with van der Waals surface area (Å²) in [6.07, 6.45) is -3.37. The Morgan fingerprint density at radius 2 is 2.00 bits per heavy atom. The highest BCUT2D eigenvalue weighted by Crippen LogP contribution is 2.32. The highest BCUT2D eigenvalue weighted by atomic mass is 19.4. The van der Waals surface area contributed by atoms with Crippen LogP contribution in [0.4, 0.5) is 18.9 Å². The molecular formula is C19H17F3N6O2. The van der Waals surface area contributed by atoms with Gasteiger partial charge in [0.1, 0.15) is 5.69 Å². The van der Waals surface area contributed by atoms with Gasteiger partial charge in [-0.2, -0.15) is 23.4 Å². The van der Waals surface area contributed by atoms with E-state index < -0.39 is 17.8 Å². The quantitative estimate of drug-likeness (QED) is 0.539. The van der Waals surface area contributed by atoms with Crippen molar-refractivity contribution in [2.45, 2.75) is 33.5 Å². The van der Waals surface area contributed by atoms with Crippen LogP contribution in [0.2, 0.25) is 0 Å². The number of alkyl halides is 3. The van der Waals surface area contributed by atoms with Crippen molar-refractivity contribution in [3.63, 3.8) is 0 Å². The first kappa shape index (κ1) is 19.7. The van der Waals surface area contributed by atoms with Crippen LogP contribution in [0.1, 0.15) is 34.5 Å². The average Bonchev–Trinajstić information content (AvgIpc) is 3.41. The largest absolute Gasteiger partial charge is 0.463 e. The van der Waals surface area contributed by atoms with Gasteiger partial charge < -0.3 is 9.73 Å². The topological polar surface area (TPSA) is 90.2 Å². The molecule has 0 radical (unpaired) electrons. The van der Waals surface area contributed by atoms with Crippen molar-refractivity contribution in [1.82, 2.24) is 24.4 Å². The first-order valence-electron chi connectivity index (χ1n) is 9.06. The second kappa shape index (κ2) is 7.01. The molecular weight excluding hydrogens is 401 g/mol. The van der Waals surface area contributed by atoms with Crippen molar-refractivity contribution in [1.29, 1.82) is 0 Å². The van der Waals surface area contributed by atoms with E-state index in [1.54, 1.807) is 24.6 Å². The molecule has 156 valence electrons. The molecule has 0 fully saturated rings. The van der Waals surface area contributed by atoms with Gasteiger partial charge in [-0.15, -0.1) is 0 Å². The van der Waals surface area contributed by atoms with E-state index in [4.69, 9.17) is 4.42 Å². The Labute approximate surface area is 168 Å². The van der Waals surface area contributed by atoms with Crippen LogP contribution in [-0.4, -0.2) is 30.3 Å². The van der Waals surface area contributed by atoms with Crippen LogP contribution in [0.3, 0.4) is 0 Å². The minimum absolute atomic E-state index is 0.0115. The molecule has 0 bridgehead atoms. The van der Waals surface area contributed by atoms with E-state index in [1.807, 2.05) is 6.92 Å². The number of nitrogens with one attached hydrogen (secondary N) is 1. The number of fused-ring (bicyclic) bond motifs is 1. The van der Waals surface area contributed by atoms with Gasteiger partial charge in [0.25, 0.3) is 5.91 Å². The summed E-state index contributed by atoms with van der Waals surface area (Å²) < 4.78 is 48.3. The van der Waals surface area contributed by atoms with Crippen LogP contribution in [0.15, 0.2) is 34.9 Å². The SMILES string of the molecule is CCn1nc(C)c(NC(=O)c2cc3nc(-c4ccco4)cc(C(F)(F)F)n3n2)c1C. The minimum atomic E-state index is -4.71. The Bertz CT molecular complexity index is 1240. The highest BCUT2D eigenvalue weighted by Gasteiger charge is 2.36. The zero-order valence-electron chi connectivity index (χ0n) is 16.3. The third-order valence-corrected chi connectivity index (χ3v) is 4.64. The summed E-state index contributed by atoms with van der Waals surface area (Å²) in [6.45, 7) is 6.05. The average molecular weight is 418 g/mol. The zero-order chi connectivity index (χ0) is 21.6. The molecule has 4 heterocycles. The number of hydrogen-bond donors (Lipinski definition) is 1. The molecule has 0 spiro atoms. The molecule has 0 saturated heterocycles. The van der Waals surface area contributed by atoms with Gasteiger partial charge in [0.15, 0.2) is 22.8 Å². The Balaban J connectivity index is 1.77. The molecule has 0 atom stereocenters. The van der Waals surface area contributed by atoms with Crippen LogP contribution in [0.5, 0.6) is 0 Å². The maximum absolute atomic E-state index is 13.6. The molecule has 4 rings (SSSR count). The van der Waals surface area contributed by atoms with E-state index in [9.17, 15) is 18.0 Å². The molecule has 8 nitrogen and oxygen atoms in total. The van der Waals surface area contributed by atoms with E-state index in [2.05, 4.69) is 20.5 Å². The van der Waals surface area contributed by atoms with Crippen molar-refractivity contribution in [2.75, 3.05) is 5.32 Å². The third kappa shape index (κ3) is 3.31. The summed E-state index contributed by atoms with van der Waals surface area (Å²) in [7, 11) is 0. The second-order valence-electron chi connectivity index (χ2n) is 6.62. The lowest BCUT2D eigenvalue weighted by molar-refractivity contribution is -0.142. The molecule has 0 saturated carbocycles. The Kier molecular flexibility index (Phi) is 4.60. The molecule has 0 aliphatic rings. The predicted octanol–water partition coefficient (Wildman–Crippen LogP) is 4.09. The van der Waals surface area contributed by atoms with Crippen molar-refractivity contribution >= 4 is 17.2 Å². The number of furan rings is 1. The molecule has 0 aliphatic carbocycles. The number of rotatable bonds is 4. The van der Waals surface area contributed by atoms with Crippen LogP contribution in [-0.2, 0) is 12.7 Å². The van der Waals surface area contributed by atoms with Crippen LogP contribution in [0, 0.1) is 13.8 Å². The van der Waals surface area contributed by atoms with Gasteiger partial charge in [-0.3, -0.25) is 9.48 Å². The van der Waals surface area contributed by atoms with Gasteiger partial charge >= 0.3 is 6.18 Å². The van der Waals surface area contributed by atoms with Crippen molar-refractivity contribution in [2.24, 2.45) is 0 Å². The molecule has 0 aliphatic heterocycles. The van der Waals surface area contributed by atoms with Gasteiger partial charge in [0, 0.05) is 12.6 Å². The third-order valence-electron chi connectivity index (χ3n) is 4.64. The number of anilines is 1. The normalized spacial score (nSPS) is 11.9. The summed E-state index contributed by atoms with van der Waals surface area (Å²) in [5, 5.41) is 10.8. The number of carbonyl (C=O) groups is 1. The van der Waals surface area contributed by atoms with Gasteiger partial charge in [0.05, 0.1) is 23.3 Å². The van der Waals surface area contributed by atoms with Crippen LogP contribution >= 0.6 is 0 Å². The Morgan fingerprint density at radius 3 is 2.60 bits per heavy atom. The fourth-order valence-electron chi connectivity index (χ4n) is 3.20. The minimum Gasteiger partial charge on any atom is -0.463 e. The number of carbonyl (C=O) groups excluding carboxylic acids is 1. The van der Waals surface area contributed by atoms with E-state index in [0.29, 0.717) is 22.4 Å². The number of aryl methyl sites for hydroxylation is 2. The van der Waals surface area contributed by atoms with Gasteiger partial charge in [-0.25, -0.2) is 9.50 Å². The lowest BCUT2D eigenvalue weighted by Crippen LogP contribution is -2.16. The summed E-state index contributed by atoms with van der Waals surface area (Å²) in [6, 6.07) is 5.08. The highest BCUT2D eigenvalue weighted by molar-refractivity contribution is 6.04. The van der Waals surface area contributed by atoms with E-state index in [1.165, 1.54) is 18.4 Å². The lowest BCUT2D eigenvalue weighted by atomic mass is 10.2. The maximum Gasteiger partial charge on any atom is 0.433 e. The molecule has 30 heavy (non-hydrogen) atoms. The first-order chi connectivity index (χ1) is 14.2. The van der Waals surface area contributed by atoms with Crippen molar-refractivity contribution in [3.8, 4) is 11.5 Å². The van der Waals surface area contributed by atoms with E-state index >= 15 is 0 Å². The molecule has 0 aromatic carbocycles. The summed E-state index contributed by atoms with van der Waals surface area (Å²) in [5.41, 5.74) is 0.430. The number of halogens is 3. The Hall–Kier alpha value is -3.63. The summed E-state index contributed by atoms with van der Waals surface area (Å²) >= 11 is 0. The number of amides is 1. The van der Waals surface area contributed by atoms with Crippen LogP contribution < -0.4 is 5.32 Å². The molecule has 11 heteroatoms. The predicted molar refractivity (Wildman–Crippen MR) is 101 cm³/mol. The molecule has 1 amide bonds. The first-order valence-corrected chi connectivity index (χ1v) is 9.06. The maximum atomic E-state index is 13.6. The van der Waals surface area contributed by atoms with E-state index in [0.717, 1.165) is 11.8 Å². The fraction of sp³-hybridized carbons (Fsp3) is 0.263. The van der Waals surface area contributed by atoms with Gasteiger partial charge in [0.2, 0.25) is 0 Å². The number of hydrogen-bond acceptors (Lipinski definition) is 5. The second-order valence-corrected chi connectivity index (χ2v) is 6.62. The van der Waals surface area contributed by atoms with Crippen molar-refractivity contribution in [3.05, 3.63) is 53.3 Å². The zero-order valence-corrected chi connectivity index (χ0v) is 16.3. The number of nitrogens with zero attached hydrogens (tertiary/aromatic N) is 5. The summed E-state index contributed by atoms with van der Waals surface area (Å²) in [4.78, 5) is 16.9. The van der Waals surface area contributed by atoms with Crippen LogP contribution in [0.25, 0.3) is 17.1 Å².